The van der Waals surface area contributed by atoms with Crippen LogP contribution in [0.25, 0.3) is 0 Å². The smallest absolute Gasteiger partial charge is 0.344 e. The Morgan fingerprint density at radius 2 is 2.14 bits per heavy atom. The van der Waals surface area contributed by atoms with Crippen molar-refractivity contribution in [2.24, 2.45) is 0 Å². The van der Waals surface area contributed by atoms with Crippen LogP contribution in [0.5, 0.6) is 0 Å². The molecule has 0 saturated carbocycles. The van der Waals surface area contributed by atoms with Gasteiger partial charge in [0.15, 0.2) is 6.61 Å². The van der Waals surface area contributed by atoms with Crippen LogP contribution in [0.2, 0.25) is 0 Å². The van der Waals surface area contributed by atoms with Gasteiger partial charge < -0.3 is 14.2 Å². The summed E-state index contributed by atoms with van der Waals surface area (Å²) in [4.78, 5) is 21.8. The number of hydrogen-bond acceptors (Lipinski definition) is 5. The molecule has 0 N–H and O–H groups in total. The summed E-state index contributed by atoms with van der Waals surface area (Å²) in [5, 5.41) is 0. The van der Waals surface area contributed by atoms with E-state index in [0.717, 1.165) is 0 Å². The van der Waals surface area contributed by atoms with E-state index in [-0.39, 0.29) is 24.9 Å². The summed E-state index contributed by atoms with van der Waals surface area (Å²) in [6, 6.07) is 0. The zero-order valence-electron chi connectivity index (χ0n) is 7.95. The number of ether oxygens (including phenoxy) is 3. The zero-order chi connectivity index (χ0) is 10.6. The van der Waals surface area contributed by atoms with Crippen molar-refractivity contribution in [2.75, 3.05) is 19.8 Å². The van der Waals surface area contributed by atoms with E-state index in [0.29, 0.717) is 6.61 Å². The van der Waals surface area contributed by atoms with E-state index in [1.54, 1.807) is 0 Å². The average Bonchev–Trinajstić information content (AvgIpc) is 2.94. The molecule has 1 fully saturated rings. The molecule has 0 radical (unpaired) electrons. The lowest BCUT2D eigenvalue weighted by Crippen LogP contribution is -2.18. The van der Waals surface area contributed by atoms with Gasteiger partial charge in [0.2, 0.25) is 0 Å². The Hall–Kier alpha value is -1.36. The molecule has 5 nitrogen and oxygen atoms in total. The molecule has 0 spiro atoms. The summed E-state index contributed by atoms with van der Waals surface area (Å²) in [7, 11) is 0. The Morgan fingerprint density at radius 1 is 1.50 bits per heavy atom. The summed E-state index contributed by atoms with van der Waals surface area (Å²) in [6.45, 7) is 5.35. The van der Waals surface area contributed by atoms with E-state index in [9.17, 15) is 9.59 Å². The van der Waals surface area contributed by atoms with Gasteiger partial charge in [-0.2, -0.15) is 0 Å². The molecule has 1 atom stereocenters. The van der Waals surface area contributed by atoms with Crippen molar-refractivity contribution in [1.29, 1.82) is 0 Å². The lowest BCUT2D eigenvalue weighted by Gasteiger charge is -2.03. The van der Waals surface area contributed by atoms with Gasteiger partial charge in [0, 0.05) is 5.57 Å². The van der Waals surface area contributed by atoms with Gasteiger partial charge in [0.25, 0.3) is 0 Å². The van der Waals surface area contributed by atoms with Crippen molar-refractivity contribution in [3.05, 3.63) is 12.2 Å². The standard InChI is InChI=1S/C9H12O5/c1-6(2)9(11)14-5-8(10)13-4-7-3-12-7/h7H,1,3-5H2,2H3. The summed E-state index contributed by atoms with van der Waals surface area (Å²) >= 11 is 0. The molecule has 0 aliphatic carbocycles. The maximum absolute atomic E-state index is 10.9. The maximum Gasteiger partial charge on any atom is 0.344 e. The van der Waals surface area contributed by atoms with Crippen LogP contribution in [-0.2, 0) is 23.8 Å². The molecule has 78 valence electrons. The highest BCUT2D eigenvalue weighted by atomic mass is 16.6. The van der Waals surface area contributed by atoms with Crippen LogP contribution in [0, 0.1) is 0 Å². The number of carbonyl (C=O) groups excluding carboxylic acids is 2. The molecule has 0 aromatic heterocycles. The summed E-state index contributed by atoms with van der Waals surface area (Å²) in [5.74, 6) is -1.17. The highest BCUT2D eigenvalue weighted by Gasteiger charge is 2.24. The highest BCUT2D eigenvalue weighted by molar-refractivity contribution is 5.88. The molecular weight excluding hydrogens is 188 g/mol. The van der Waals surface area contributed by atoms with Crippen molar-refractivity contribution in [2.45, 2.75) is 13.0 Å². The van der Waals surface area contributed by atoms with Gasteiger partial charge in [-0.05, 0) is 6.92 Å². The monoisotopic (exact) mass is 200 g/mol. The zero-order valence-corrected chi connectivity index (χ0v) is 7.95. The van der Waals surface area contributed by atoms with Crippen LogP contribution in [0.15, 0.2) is 12.2 Å². The molecule has 1 heterocycles. The Bertz CT molecular complexity index is 254. The van der Waals surface area contributed by atoms with Gasteiger partial charge in [0.05, 0.1) is 6.61 Å². The predicted molar refractivity (Wildman–Crippen MR) is 46.5 cm³/mol. The number of epoxide rings is 1. The minimum absolute atomic E-state index is 0.0239. The lowest BCUT2D eigenvalue weighted by atomic mass is 10.4. The fraction of sp³-hybridized carbons (Fsp3) is 0.556. The van der Waals surface area contributed by atoms with Crippen molar-refractivity contribution >= 4 is 11.9 Å². The first-order chi connectivity index (χ1) is 6.59. The van der Waals surface area contributed by atoms with Crippen LogP contribution in [0.4, 0.5) is 0 Å². The van der Waals surface area contributed by atoms with E-state index >= 15 is 0 Å². The van der Waals surface area contributed by atoms with Crippen molar-refractivity contribution in [3.8, 4) is 0 Å². The van der Waals surface area contributed by atoms with E-state index in [1.807, 2.05) is 0 Å². The van der Waals surface area contributed by atoms with Crippen LogP contribution in [0.1, 0.15) is 6.92 Å². The van der Waals surface area contributed by atoms with Gasteiger partial charge >= 0.3 is 11.9 Å². The Kier molecular flexibility index (Phi) is 3.64. The lowest BCUT2D eigenvalue weighted by molar-refractivity contribution is -0.156. The first-order valence-electron chi connectivity index (χ1n) is 4.19. The van der Waals surface area contributed by atoms with E-state index in [4.69, 9.17) is 9.47 Å². The molecule has 1 aliphatic rings. The summed E-state index contributed by atoms with van der Waals surface area (Å²) in [6.07, 6.45) is 0.0239. The normalized spacial score (nSPS) is 18.5. The van der Waals surface area contributed by atoms with Gasteiger partial charge in [-0.1, -0.05) is 6.58 Å². The first kappa shape index (κ1) is 10.7. The Labute approximate surface area is 81.6 Å². The Balaban J connectivity index is 2.07. The van der Waals surface area contributed by atoms with E-state index < -0.39 is 11.9 Å². The number of hydrogen-bond donors (Lipinski definition) is 0. The van der Waals surface area contributed by atoms with Crippen LogP contribution in [-0.4, -0.2) is 37.9 Å². The minimum Gasteiger partial charge on any atom is -0.460 e. The molecule has 1 rings (SSSR count). The molecule has 1 aliphatic heterocycles. The summed E-state index contributed by atoms with van der Waals surface area (Å²) in [5.41, 5.74) is 0.253. The van der Waals surface area contributed by atoms with Crippen molar-refractivity contribution in [1.82, 2.24) is 0 Å². The molecule has 14 heavy (non-hydrogen) atoms. The molecule has 1 unspecified atom stereocenters. The molecule has 0 amide bonds. The highest BCUT2D eigenvalue weighted by Crippen LogP contribution is 2.08. The molecule has 1 saturated heterocycles. The van der Waals surface area contributed by atoms with Crippen LogP contribution >= 0.6 is 0 Å². The SMILES string of the molecule is C=C(C)C(=O)OCC(=O)OCC1CO1. The predicted octanol–water partition coefficient (Wildman–Crippen LogP) is 0.0477. The molecule has 5 heteroatoms. The van der Waals surface area contributed by atoms with Crippen LogP contribution in [0.3, 0.4) is 0 Å². The minimum atomic E-state index is -0.593. The third kappa shape index (κ3) is 4.04. The topological polar surface area (TPSA) is 65.1 Å². The molecule has 0 aromatic carbocycles. The van der Waals surface area contributed by atoms with Crippen LogP contribution < -0.4 is 0 Å². The second-order valence-corrected chi connectivity index (χ2v) is 2.99. The molecule has 0 aromatic rings. The van der Waals surface area contributed by atoms with E-state index in [1.165, 1.54) is 6.92 Å². The van der Waals surface area contributed by atoms with Gasteiger partial charge in [-0.15, -0.1) is 0 Å². The van der Waals surface area contributed by atoms with Gasteiger partial charge in [-0.3, -0.25) is 0 Å². The van der Waals surface area contributed by atoms with Crippen molar-refractivity contribution < 1.29 is 23.8 Å². The third-order valence-electron chi connectivity index (χ3n) is 1.50. The number of esters is 2. The third-order valence-corrected chi connectivity index (χ3v) is 1.50. The van der Waals surface area contributed by atoms with Gasteiger partial charge in [-0.25, -0.2) is 9.59 Å². The van der Waals surface area contributed by atoms with Gasteiger partial charge in [0.1, 0.15) is 12.7 Å². The Morgan fingerprint density at radius 3 is 2.64 bits per heavy atom. The fourth-order valence-electron chi connectivity index (χ4n) is 0.639. The second kappa shape index (κ2) is 4.76. The largest absolute Gasteiger partial charge is 0.460 e. The van der Waals surface area contributed by atoms with E-state index in [2.05, 4.69) is 11.3 Å². The molecular formula is C9H12O5. The van der Waals surface area contributed by atoms with Crippen molar-refractivity contribution in [3.63, 3.8) is 0 Å². The first-order valence-corrected chi connectivity index (χ1v) is 4.19. The average molecular weight is 200 g/mol. The molecule has 0 bridgehead atoms. The quantitative estimate of drug-likeness (QED) is 0.356. The summed E-state index contributed by atoms with van der Waals surface area (Å²) < 4.78 is 14.1. The maximum atomic E-state index is 10.9. The second-order valence-electron chi connectivity index (χ2n) is 2.99. The fourth-order valence-corrected chi connectivity index (χ4v) is 0.639. The number of carbonyl (C=O) groups is 2. The number of rotatable bonds is 5.